The predicted molar refractivity (Wildman–Crippen MR) is 49.5 cm³/mol. The van der Waals surface area contributed by atoms with E-state index in [-0.39, 0.29) is 18.2 Å². The average molecular weight is 194 g/mol. The number of phenolic OH excluding ortho intramolecular Hbond substituents is 1. The van der Waals surface area contributed by atoms with Gasteiger partial charge in [-0.1, -0.05) is 11.6 Å². The van der Waals surface area contributed by atoms with E-state index in [9.17, 15) is 0 Å². The second-order valence-electron chi connectivity index (χ2n) is 2.16. The number of nitrogen functional groups attached to an aromatic ring is 1. The molecule has 1 rings (SSSR count). The van der Waals surface area contributed by atoms with Crippen LogP contribution in [0.5, 0.6) is 5.75 Å². The molecule has 0 spiro atoms. The fourth-order valence-electron chi connectivity index (χ4n) is 0.682. The first kappa shape index (κ1) is 10.4. The molecule has 0 atom stereocenters. The molecule has 0 radical (unpaired) electrons. The van der Waals surface area contributed by atoms with Gasteiger partial charge in [0.15, 0.2) is 0 Å². The summed E-state index contributed by atoms with van der Waals surface area (Å²) in [6, 6.07) is 3.07. The summed E-state index contributed by atoms with van der Waals surface area (Å²) in [6.45, 7) is 1.81. The maximum Gasteiger partial charge on any atom is 0.138 e. The molecular weight excluding hydrogens is 185 g/mol. The fraction of sp³-hybridized carbons (Fsp3) is 0.143. The van der Waals surface area contributed by atoms with Crippen LogP contribution in [0.3, 0.4) is 0 Å². The van der Waals surface area contributed by atoms with Crippen LogP contribution in [0.1, 0.15) is 5.56 Å². The lowest BCUT2D eigenvalue weighted by atomic mass is 10.2. The predicted octanol–water partition coefficient (Wildman–Crippen LogP) is 2.36. The van der Waals surface area contributed by atoms with E-state index in [1.54, 1.807) is 0 Å². The summed E-state index contributed by atoms with van der Waals surface area (Å²) in [7, 11) is 0. The van der Waals surface area contributed by atoms with E-state index < -0.39 is 0 Å². The molecule has 0 saturated carbocycles. The zero-order chi connectivity index (χ0) is 7.72. The van der Waals surface area contributed by atoms with E-state index in [1.807, 2.05) is 6.92 Å². The summed E-state index contributed by atoms with van der Waals surface area (Å²) in [5, 5.41) is 9.62. The number of hydrogen-bond acceptors (Lipinski definition) is 2. The van der Waals surface area contributed by atoms with E-state index >= 15 is 0 Å². The van der Waals surface area contributed by atoms with Gasteiger partial charge >= 0.3 is 0 Å². The number of hydrogen-bond donors (Lipinski definition) is 2. The van der Waals surface area contributed by atoms with Crippen molar-refractivity contribution in [1.29, 1.82) is 0 Å². The van der Waals surface area contributed by atoms with Crippen molar-refractivity contribution in [3.05, 3.63) is 22.7 Å². The third-order valence-corrected chi connectivity index (χ3v) is 1.72. The van der Waals surface area contributed by atoms with Crippen molar-refractivity contribution in [2.75, 3.05) is 5.73 Å². The number of nitrogens with two attached hydrogens (primary N) is 1. The smallest absolute Gasteiger partial charge is 0.138 e. The van der Waals surface area contributed by atoms with Gasteiger partial charge in [-0.3, -0.25) is 0 Å². The summed E-state index contributed by atoms with van der Waals surface area (Å²) in [5.74, 6) is 0.0851. The number of benzene rings is 1. The third-order valence-electron chi connectivity index (χ3n) is 1.31. The van der Waals surface area contributed by atoms with Crippen molar-refractivity contribution in [3.63, 3.8) is 0 Å². The van der Waals surface area contributed by atoms with E-state index in [0.29, 0.717) is 10.7 Å². The Kier molecular flexibility index (Phi) is 3.49. The lowest BCUT2D eigenvalue weighted by molar-refractivity contribution is 0.477. The first-order valence-electron chi connectivity index (χ1n) is 2.86. The van der Waals surface area contributed by atoms with Gasteiger partial charge in [0, 0.05) is 5.02 Å². The number of anilines is 1. The zero-order valence-electron chi connectivity index (χ0n) is 5.97. The second-order valence-corrected chi connectivity index (χ2v) is 2.57. The minimum atomic E-state index is 0. The third kappa shape index (κ3) is 2.17. The Bertz CT molecular complexity index is 213. The molecule has 4 heteroatoms. The van der Waals surface area contributed by atoms with Crippen LogP contribution in [0.4, 0.5) is 5.69 Å². The number of phenols is 1. The second kappa shape index (κ2) is 3.69. The van der Waals surface area contributed by atoms with Crippen LogP contribution in [-0.2, 0) is 0 Å². The minimum Gasteiger partial charge on any atom is -0.506 e. The molecule has 1 aromatic carbocycles. The summed E-state index contributed by atoms with van der Waals surface area (Å²) >= 11 is 5.69. The molecule has 0 fully saturated rings. The maximum atomic E-state index is 9.04. The SMILES string of the molecule is Cc1cc(O)c(N)cc1Cl.Cl. The summed E-state index contributed by atoms with van der Waals surface area (Å²) in [6.07, 6.45) is 0. The fourth-order valence-corrected chi connectivity index (χ4v) is 0.854. The largest absolute Gasteiger partial charge is 0.506 e. The Hall–Kier alpha value is -0.600. The van der Waals surface area contributed by atoms with Gasteiger partial charge in [0.25, 0.3) is 0 Å². The lowest BCUT2D eigenvalue weighted by Gasteiger charge is -2.01. The number of aryl methyl sites for hydroxylation is 1. The van der Waals surface area contributed by atoms with Crippen LogP contribution in [0.25, 0.3) is 0 Å². The van der Waals surface area contributed by atoms with Gasteiger partial charge in [0.05, 0.1) is 5.69 Å². The van der Waals surface area contributed by atoms with Gasteiger partial charge in [-0.2, -0.15) is 0 Å². The average Bonchev–Trinajstić information content (AvgIpc) is 1.84. The van der Waals surface area contributed by atoms with Gasteiger partial charge in [0.1, 0.15) is 5.75 Å². The van der Waals surface area contributed by atoms with Crippen molar-refractivity contribution < 1.29 is 5.11 Å². The topological polar surface area (TPSA) is 46.2 Å². The molecule has 0 aliphatic carbocycles. The highest BCUT2D eigenvalue weighted by Crippen LogP contribution is 2.26. The van der Waals surface area contributed by atoms with Gasteiger partial charge in [0.2, 0.25) is 0 Å². The molecule has 0 bridgehead atoms. The van der Waals surface area contributed by atoms with Crippen LogP contribution in [0.15, 0.2) is 12.1 Å². The van der Waals surface area contributed by atoms with E-state index in [0.717, 1.165) is 5.56 Å². The van der Waals surface area contributed by atoms with Crippen molar-refractivity contribution in [1.82, 2.24) is 0 Å². The number of rotatable bonds is 0. The van der Waals surface area contributed by atoms with E-state index in [1.165, 1.54) is 12.1 Å². The van der Waals surface area contributed by atoms with Gasteiger partial charge in [-0.15, -0.1) is 12.4 Å². The molecule has 0 amide bonds. The lowest BCUT2D eigenvalue weighted by Crippen LogP contribution is -1.86. The summed E-state index contributed by atoms with van der Waals surface area (Å²) in [5.41, 5.74) is 6.50. The molecule has 0 unspecified atom stereocenters. The highest BCUT2D eigenvalue weighted by molar-refractivity contribution is 6.31. The molecule has 3 N–H and O–H groups in total. The monoisotopic (exact) mass is 193 g/mol. The van der Waals surface area contributed by atoms with Crippen molar-refractivity contribution in [3.8, 4) is 5.75 Å². The standard InChI is InChI=1S/C7H8ClNO.ClH/c1-4-2-7(10)6(9)3-5(4)8;/h2-3,10H,9H2,1H3;1H. The highest BCUT2D eigenvalue weighted by atomic mass is 35.5. The minimum absolute atomic E-state index is 0. The summed E-state index contributed by atoms with van der Waals surface area (Å²) in [4.78, 5) is 0. The Morgan fingerprint density at radius 2 is 2.00 bits per heavy atom. The molecule has 62 valence electrons. The maximum absolute atomic E-state index is 9.04. The molecule has 0 aromatic heterocycles. The van der Waals surface area contributed by atoms with Gasteiger partial charge < -0.3 is 10.8 Å². The first-order chi connectivity index (χ1) is 4.61. The van der Waals surface area contributed by atoms with Crippen molar-refractivity contribution >= 4 is 29.7 Å². The van der Waals surface area contributed by atoms with Crippen LogP contribution in [0.2, 0.25) is 5.02 Å². The van der Waals surface area contributed by atoms with Gasteiger partial charge in [-0.25, -0.2) is 0 Å². The molecule has 2 nitrogen and oxygen atoms in total. The summed E-state index contributed by atoms with van der Waals surface area (Å²) < 4.78 is 0. The first-order valence-corrected chi connectivity index (χ1v) is 3.23. The van der Waals surface area contributed by atoms with Crippen LogP contribution in [-0.4, -0.2) is 5.11 Å². The number of halogens is 2. The Balaban J connectivity index is 0.000001000. The molecule has 0 saturated heterocycles. The van der Waals surface area contributed by atoms with E-state index in [4.69, 9.17) is 22.4 Å². The number of aromatic hydroxyl groups is 1. The van der Waals surface area contributed by atoms with Crippen LogP contribution < -0.4 is 5.73 Å². The van der Waals surface area contributed by atoms with E-state index in [2.05, 4.69) is 0 Å². The van der Waals surface area contributed by atoms with Crippen LogP contribution >= 0.6 is 24.0 Å². The van der Waals surface area contributed by atoms with Crippen molar-refractivity contribution in [2.24, 2.45) is 0 Å². The van der Waals surface area contributed by atoms with Crippen LogP contribution in [0, 0.1) is 6.92 Å². The highest BCUT2D eigenvalue weighted by Gasteiger charge is 1.99. The zero-order valence-corrected chi connectivity index (χ0v) is 7.54. The molecule has 0 aliphatic heterocycles. The Labute approximate surface area is 76.4 Å². The molecular formula is C7H9Cl2NO. The van der Waals surface area contributed by atoms with Gasteiger partial charge in [-0.05, 0) is 24.6 Å². The molecule has 11 heavy (non-hydrogen) atoms. The molecule has 0 heterocycles. The normalized spacial score (nSPS) is 8.91. The Morgan fingerprint density at radius 3 is 2.45 bits per heavy atom. The Morgan fingerprint density at radius 1 is 1.45 bits per heavy atom. The van der Waals surface area contributed by atoms with Crippen molar-refractivity contribution in [2.45, 2.75) is 6.92 Å². The molecule has 0 aliphatic rings. The quantitative estimate of drug-likeness (QED) is 0.491. The molecule has 1 aromatic rings.